The standard InChI is InChI=1S/C14H15F3N2O3/c15-9-6-11(17)10(16)4-8(9)5-12(20)19-3-1-2-14(22,7-19)13(18)21/h4,6,22H,1-3,5,7H2,(H2,18,21)/t14-/m0/s1. The molecule has 1 saturated heterocycles. The number of primary amides is 1. The van der Waals surface area contributed by atoms with Crippen molar-refractivity contribution in [2.75, 3.05) is 13.1 Å². The van der Waals surface area contributed by atoms with Crippen LogP contribution in [-0.2, 0) is 16.0 Å². The zero-order valence-electron chi connectivity index (χ0n) is 11.6. The van der Waals surface area contributed by atoms with E-state index >= 15 is 0 Å². The molecule has 2 amide bonds. The Morgan fingerprint density at radius 1 is 1.23 bits per heavy atom. The van der Waals surface area contributed by atoms with Gasteiger partial charge in [-0.1, -0.05) is 0 Å². The average Bonchev–Trinajstić information content (AvgIpc) is 2.44. The zero-order chi connectivity index (χ0) is 16.5. The van der Waals surface area contributed by atoms with E-state index < -0.39 is 41.3 Å². The molecule has 0 saturated carbocycles. The third-order valence-corrected chi connectivity index (χ3v) is 3.71. The number of rotatable bonds is 3. The maximum Gasteiger partial charge on any atom is 0.251 e. The van der Waals surface area contributed by atoms with Crippen molar-refractivity contribution in [2.45, 2.75) is 24.9 Å². The molecule has 1 aliphatic rings. The highest BCUT2D eigenvalue weighted by Crippen LogP contribution is 2.22. The number of β-amino-alcohol motifs (C(OH)–C–C–N with tert-alkyl or cyclic N) is 1. The third-order valence-electron chi connectivity index (χ3n) is 3.71. The van der Waals surface area contributed by atoms with Crippen LogP contribution in [0.1, 0.15) is 18.4 Å². The summed E-state index contributed by atoms with van der Waals surface area (Å²) in [4.78, 5) is 24.5. The van der Waals surface area contributed by atoms with E-state index in [0.29, 0.717) is 18.6 Å². The van der Waals surface area contributed by atoms with E-state index in [1.165, 1.54) is 0 Å². The van der Waals surface area contributed by atoms with Crippen molar-refractivity contribution in [3.05, 3.63) is 35.1 Å². The first-order valence-electron chi connectivity index (χ1n) is 6.66. The van der Waals surface area contributed by atoms with Gasteiger partial charge in [0.15, 0.2) is 17.2 Å². The lowest BCUT2D eigenvalue weighted by Gasteiger charge is -2.37. The van der Waals surface area contributed by atoms with E-state index in [1.54, 1.807) is 0 Å². The summed E-state index contributed by atoms with van der Waals surface area (Å²) in [5.74, 6) is -5.17. The van der Waals surface area contributed by atoms with Crippen molar-refractivity contribution < 1.29 is 27.9 Å². The number of benzene rings is 1. The fraction of sp³-hybridized carbons (Fsp3) is 0.429. The van der Waals surface area contributed by atoms with Gasteiger partial charge in [-0.3, -0.25) is 9.59 Å². The average molecular weight is 316 g/mol. The Morgan fingerprint density at radius 2 is 1.86 bits per heavy atom. The molecule has 0 aliphatic carbocycles. The molecule has 1 atom stereocenters. The van der Waals surface area contributed by atoms with Crippen LogP contribution < -0.4 is 5.73 Å². The van der Waals surface area contributed by atoms with Gasteiger partial charge < -0.3 is 15.7 Å². The van der Waals surface area contributed by atoms with Crippen molar-refractivity contribution in [3.63, 3.8) is 0 Å². The van der Waals surface area contributed by atoms with Crippen LogP contribution in [0, 0.1) is 17.5 Å². The van der Waals surface area contributed by atoms with Crippen LogP contribution in [0.25, 0.3) is 0 Å². The van der Waals surface area contributed by atoms with Gasteiger partial charge in [-0.2, -0.15) is 0 Å². The number of hydrogen-bond donors (Lipinski definition) is 2. The summed E-state index contributed by atoms with van der Waals surface area (Å²) in [6, 6.07) is 0.987. The molecule has 1 aromatic rings. The number of piperidine rings is 1. The van der Waals surface area contributed by atoms with Gasteiger partial charge in [0, 0.05) is 18.2 Å². The van der Waals surface area contributed by atoms with Gasteiger partial charge >= 0.3 is 0 Å². The third kappa shape index (κ3) is 3.22. The van der Waals surface area contributed by atoms with E-state index in [-0.39, 0.29) is 25.1 Å². The van der Waals surface area contributed by atoms with E-state index in [1.807, 2.05) is 0 Å². The summed E-state index contributed by atoms with van der Waals surface area (Å²) in [7, 11) is 0. The quantitative estimate of drug-likeness (QED) is 0.796. The van der Waals surface area contributed by atoms with Crippen molar-refractivity contribution in [2.24, 2.45) is 5.73 Å². The molecule has 1 heterocycles. The van der Waals surface area contributed by atoms with Crippen LogP contribution in [0.3, 0.4) is 0 Å². The number of nitrogens with zero attached hydrogens (tertiary/aromatic N) is 1. The maximum atomic E-state index is 13.5. The predicted octanol–water partition coefficient (Wildman–Crippen LogP) is 0.485. The molecule has 8 heteroatoms. The molecule has 0 bridgehead atoms. The number of nitrogens with two attached hydrogens (primary N) is 1. The minimum absolute atomic E-state index is 0.131. The highest BCUT2D eigenvalue weighted by molar-refractivity contribution is 5.85. The number of likely N-dealkylation sites (tertiary alicyclic amines) is 1. The number of carbonyl (C=O) groups is 2. The summed E-state index contributed by atoms with van der Waals surface area (Å²) in [6.45, 7) is -0.0355. The molecule has 1 aliphatic heterocycles. The van der Waals surface area contributed by atoms with Gasteiger partial charge in [0.1, 0.15) is 5.82 Å². The van der Waals surface area contributed by atoms with Crippen molar-refractivity contribution in [1.82, 2.24) is 4.90 Å². The SMILES string of the molecule is NC(=O)[C@]1(O)CCCN(C(=O)Cc2cc(F)c(F)cc2F)C1. The van der Waals surface area contributed by atoms with Crippen molar-refractivity contribution in [3.8, 4) is 0 Å². The van der Waals surface area contributed by atoms with Crippen molar-refractivity contribution in [1.29, 1.82) is 0 Å². The largest absolute Gasteiger partial charge is 0.378 e. The Kier molecular flexibility index (Phi) is 4.41. The number of carbonyl (C=O) groups excluding carboxylic acids is 2. The molecule has 1 aromatic carbocycles. The Labute approximate surface area is 124 Å². The van der Waals surface area contributed by atoms with Crippen LogP contribution in [0.2, 0.25) is 0 Å². The minimum Gasteiger partial charge on any atom is -0.378 e. The number of hydrogen-bond acceptors (Lipinski definition) is 3. The first kappa shape index (κ1) is 16.3. The second-order valence-electron chi connectivity index (χ2n) is 5.35. The smallest absolute Gasteiger partial charge is 0.251 e. The number of aliphatic hydroxyl groups is 1. The van der Waals surface area contributed by atoms with Gasteiger partial charge in [-0.25, -0.2) is 13.2 Å². The highest BCUT2D eigenvalue weighted by atomic mass is 19.2. The van der Waals surface area contributed by atoms with Crippen LogP contribution in [0.15, 0.2) is 12.1 Å². The lowest BCUT2D eigenvalue weighted by Crippen LogP contribution is -2.57. The van der Waals surface area contributed by atoms with Gasteiger partial charge in [0.05, 0.1) is 13.0 Å². The zero-order valence-corrected chi connectivity index (χ0v) is 11.6. The normalized spacial score (nSPS) is 21.7. The van der Waals surface area contributed by atoms with Gasteiger partial charge in [0.25, 0.3) is 5.91 Å². The highest BCUT2D eigenvalue weighted by Gasteiger charge is 2.40. The summed E-state index contributed by atoms with van der Waals surface area (Å²) in [6.07, 6.45) is -0.0189. The Hall–Kier alpha value is -2.09. The number of amides is 2. The molecule has 22 heavy (non-hydrogen) atoms. The van der Waals surface area contributed by atoms with Gasteiger partial charge in [0.2, 0.25) is 5.91 Å². The monoisotopic (exact) mass is 316 g/mol. The first-order chi connectivity index (χ1) is 10.2. The Balaban J connectivity index is 2.12. The predicted molar refractivity (Wildman–Crippen MR) is 70.0 cm³/mol. The molecule has 0 radical (unpaired) electrons. The van der Waals surface area contributed by atoms with Crippen LogP contribution in [0.5, 0.6) is 0 Å². The summed E-state index contributed by atoms with van der Waals surface area (Å²) in [5, 5.41) is 10.0. The first-order valence-corrected chi connectivity index (χ1v) is 6.66. The van der Waals surface area contributed by atoms with E-state index in [9.17, 15) is 27.9 Å². The second kappa shape index (κ2) is 5.96. The maximum absolute atomic E-state index is 13.5. The van der Waals surface area contributed by atoms with Gasteiger partial charge in [-0.15, -0.1) is 0 Å². The minimum atomic E-state index is -1.82. The van der Waals surface area contributed by atoms with E-state index in [0.717, 1.165) is 4.90 Å². The van der Waals surface area contributed by atoms with Crippen molar-refractivity contribution >= 4 is 11.8 Å². The molecule has 0 aromatic heterocycles. The Bertz CT molecular complexity index is 624. The Morgan fingerprint density at radius 3 is 2.50 bits per heavy atom. The van der Waals surface area contributed by atoms with Crippen LogP contribution >= 0.6 is 0 Å². The molecular formula is C14H15F3N2O3. The molecule has 0 spiro atoms. The molecule has 0 unspecified atom stereocenters. The second-order valence-corrected chi connectivity index (χ2v) is 5.35. The molecule has 1 fully saturated rings. The molecular weight excluding hydrogens is 301 g/mol. The molecule has 3 N–H and O–H groups in total. The fourth-order valence-corrected chi connectivity index (χ4v) is 2.42. The molecule has 2 rings (SSSR count). The van der Waals surface area contributed by atoms with Gasteiger partial charge in [-0.05, 0) is 18.9 Å². The lowest BCUT2D eigenvalue weighted by molar-refractivity contribution is -0.148. The summed E-state index contributed by atoms with van der Waals surface area (Å²) in [5.41, 5.74) is 2.99. The van der Waals surface area contributed by atoms with E-state index in [2.05, 4.69) is 0 Å². The molecule has 120 valence electrons. The lowest BCUT2D eigenvalue weighted by atomic mass is 9.92. The summed E-state index contributed by atoms with van der Waals surface area (Å²) >= 11 is 0. The molecule has 5 nitrogen and oxygen atoms in total. The van der Waals surface area contributed by atoms with Crippen LogP contribution in [-0.4, -0.2) is 40.5 Å². The van der Waals surface area contributed by atoms with Crippen LogP contribution in [0.4, 0.5) is 13.2 Å². The summed E-state index contributed by atoms with van der Waals surface area (Å²) < 4.78 is 39.5. The topological polar surface area (TPSA) is 83.6 Å². The fourth-order valence-electron chi connectivity index (χ4n) is 2.42. The van der Waals surface area contributed by atoms with E-state index in [4.69, 9.17) is 5.73 Å². The number of halogens is 3.